The second-order valence-electron chi connectivity index (χ2n) is 9.06. The molecule has 0 saturated heterocycles. The zero-order valence-electron chi connectivity index (χ0n) is 21.0. The van der Waals surface area contributed by atoms with E-state index < -0.39 is 28.5 Å². The summed E-state index contributed by atoms with van der Waals surface area (Å²) in [4.78, 5) is 28.2. The van der Waals surface area contributed by atoms with E-state index in [0.717, 1.165) is 21.7 Å². The maximum atomic E-state index is 13.7. The summed E-state index contributed by atoms with van der Waals surface area (Å²) in [6.07, 6.45) is 1.31. The lowest BCUT2D eigenvalue weighted by Crippen LogP contribution is -2.52. The van der Waals surface area contributed by atoms with Crippen LogP contribution in [-0.2, 0) is 26.2 Å². The maximum Gasteiger partial charge on any atom is 0.244 e. The SMILES string of the molecule is CC[C@@H](C(=O)NCC(C)C)N(Cc1cccc(C)c1)C(=O)CN(c1cc(Cl)c(Cl)cc1Cl)S(C)(=O)=O. The minimum Gasteiger partial charge on any atom is -0.354 e. The number of carbonyl (C=O) groups is 2. The second-order valence-corrected chi connectivity index (χ2v) is 12.2. The Morgan fingerprint density at radius 1 is 1.03 bits per heavy atom. The van der Waals surface area contributed by atoms with Crippen molar-refractivity contribution in [3.8, 4) is 0 Å². The van der Waals surface area contributed by atoms with Crippen LogP contribution in [-0.4, -0.2) is 50.5 Å². The summed E-state index contributed by atoms with van der Waals surface area (Å²) >= 11 is 18.4. The molecule has 7 nitrogen and oxygen atoms in total. The number of halogens is 3. The molecule has 2 aromatic rings. The van der Waals surface area contributed by atoms with Crippen molar-refractivity contribution in [2.75, 3.05) is 23.7 Å². The van der Waals surface area contributed by atoms with E-state index in [1.807, 2.05) is 45.0 Å². The van der Waals surface area contributed by atoms with E-state index in [1.54, 1.807) is 6.92 Å². The van der Waals surface area contributed by atoms with E-state index >= 15 is 0 Å². The molecule has 0 saturated carbocycles. The largest absolute Gasteiger partial charge is 0.354 e. The highest BCUT2D eigenvalue weighted by molar-refractivity contribution is 7.92. The third kappa shape index (κ3) is 8.26. The highest BCUT2D eigenvalue weighted by atomic mass is 35.5. The van der Waals surface area contributed by atoms with Gasteiger partial charge in [-0.05, 0) is 37.0 Å². The summed E-state index contributed by atoms with van der Waals surface area (Å²) in [5, 5.41) is 3.15. The Bertz CT molecular complexity index is 1210. The number of anilines is 1. The number of sulfonamides is 1. The van der Waals surface area contributed by atoms with Crippen molar-refractivity contribution in [1.82, 2.24) is 10.2 Å². The number of hydrogen-bond acceptors (Lipinski definition) is 4. The predicted molar refractivity (Wildman–Crippen MR) is 147 cm³/mol. The van der Waals surface area contributed by atoms with Crippen LogP contribution in [0.15, 0.2) is 36.4 Å². The zero-order chi connectivity index (χ0) is 27.2. The number of amides is 2. The Morgan fingerprint density at radius 3 is 2.22 bits per heavy atom. The third-order valence-corrected chi connectivity index (χ3v) is 7.59. The van der Waals surface area contributed by atoms with Gasteiger partial charge < -0.3 is 10.2 Å². The van der Waals surface area contributed by atoms with Crippen LogP contribution in [0.3, 0.4) is 0 Å². The average molecular weight is 577 g/mol. The lowest BCUT2D eigenvalue weighted by atomic mass is 10.1. The van der Waals surface area contributed by atoms with E-state index in [2.05, 4.69) is 5.32 Å². The number of nitrogens with one attached hydrogen (secondary N) is 1. The van der Waals surface area contributed by atoms with Crippen LogP contribution >= 0.6 is 34.8 Å². The van der Waals surface area contributed by atoms with Gasteiger partial charge in [0.2, 0.25) is 21.8 Å². The van der Waals surface area contributed by atoms with Crippen molar-refractivity contribution in [3.05, 3.63) is 62.6 Å². The Balaban J connectivity index is 2.49. The maximum absolute atomic E-state index is 13.7. The van der Waals surface area contributed by atoms with E-state index in [0.29, 0.717) is 13.0 Å². The normalized spacial score (nSPS) is 12.4. The van der Waals surface area contributed by atoms with Gasteiger partial charge in [0.25, 0.3) is 0 Å². The standard InChI is InChI=1S/C25H32Cl3N3O4S/c1-6-22(25(33)29-13-16(2)3)30(14-18-9-7-8-17(4)10-18)24(32)15-31(36(5,34)35)23-12-20(27)19(26)11-21(23)28/h7-12,16,22H,6,13-15H2,1-5H3,(H,29,33)/t22-/m0/s1. The van der Waals surface area contributed by atoms with Crippen molar-refractivity contribution in [2.45, 2.75) is 46.7 Å². The lowest BCUT2D eigenvalue weighted by Gasteiger charge is -2.33. The fourth-order valence-corrected chi connectivity index (χ4v) is 5.19. The molecule has 0 bridgehead atoms. The van der Waals surface area contributed by atoms with E-state index in [4.69, 9.17) is 34.8 Å². The monoisotopic (exact) mass is 575 g/mol. The van der Waals surface area contributed by atoms with Crippen LogP contribution in [0.25, 0.3) is 0 Å². The molecule has 11 heteroatoms. The van der Waals surface area contributed by atoms with Gasteiger partial charge in [0, 0.05) is 13.1 Å². The Hall–Kier alpha value is -2.00. The highest BCUT2D eigenvalue weighted by Gasteiger charge is 2.32. The Labute approximate surface area is 228 Å². The van der Waals surface area contributed by atoms with Gasteiger partial charge in [-0.25, -0.2) is 8.42 Å². The Morgan fingerprint density at radius 2 is 1.67 bits per heavy atom. The van der Waals surface area contributed by atoms with Crippen LogP contribution in [0.4, 0.5) is 5.69 Å². The summed E-state index contributed by atoms with van der Waals surface area (Å²) in [5.74, 6) is -0.633. The third-order valence-electron chi connectivity index (χ3n) is 5.44. The highest BCUT2D eigenvalue weighted by Crippen LogP contribution is 2.35. The first-order chi connectivity index (χ1) is 16.7. The van der Waals surface area contributed by atoms with Crippen LogP contribution in [0.5, 0.6) is 0 Å². The number of aryl methyl sites for hydroxylation is 1. The summed E-state index contributed by atoms with van der Waals surface area (Å²) in [6, 6.07) is 9.40. The van der Waals surface area contributed by atoms with Gasteiger partial charge in [-0.1, -0.05) is 85.4 Å². The Kier molecular flexibility index (Phi) is 10.9. The first kappa shape index (κ1) is 30.2. The molecular formula is C25H32Cl3N3O4S. The van der Waals surface area contributed by atoms with E-state index in [-0.39, 0.29) is 39.1 Å². The van der Waals surface area contributed by atoms with Gasteiger partial charge in [-0.15, -0.1) is 0 Å². The van der Waals surface area contributed by atoms with Crippen LogP contribution in [0, 0.1) is 12.8 Å². The number of carbonyl (C=O) groups excluding carboxylic acids is 2. The average Bonchev–Trinajstić information content (AvgIpc) is 2.77. The second kappa shape index (κ2) is 13.0. The van der Waals surface area contributed by atoms with E-state index in [1.165, 1.54) is 17.0 Å². The van der Waals surface area contributed by atoms with Crippen molar-refractivity contribution >= 4 is 62.3 Å². The van der Waals surface area contributed by atoms with Crippen molar-refractivity contribution in [2.24, 2.45) is 5.92 Å². The fraction of sp³-hybridized carbons (Fsp3) is 0.440. The van der Waals surface area contributed by atoms with Gasteiger partial charge in [0.1, 0.15) is 12.6 Å². The smallest absolute Gasteiger partial charge is 0.244 e. The number of nitrogens with zero attached hydrogens (tertiary/aromatic N) is 2. The van der Waals surface area contributed by atoms with Gasteiger partial charge in [0.15, 0.2) is 0 Å². The molecule has 198 valence electrons. The fourth-order valence-electron chi connectivity index (χ4n) is 3.65. The minimum absolute atomic E-state index is 0.0228. The molecule has 2 amide bonds. The molecular weight excluding hydrogens is 545 g/mol. The quantitative estimate of drug-likeness (QED) is 0.368. The number of rotatable bonds is 11. The van der Waals surface area contributed by atoms with Crippen molar-refractivity contribution in [1.29, 1.82) is 0 Å². The molecule has 0 aromatic heterocycles. The molecule has 1 atom stereocenters. The molecule has 1 N–H and O–H groups in total. The van der Waals surface area contributed by atoms with Gasteiger partial charge >= 0.3 is 0 Å². The molecule has 0 aliphatic rings. The van der Waals surface area contributed by atoms with Crippen molar-refractivity contribution in [3.63, 3.8) is 0 Å². The molecule has 0 aliphatic carbocycles. The first-order valence-electron chi connectivity index (χ1n) is 11.5. The molecule has 0 fully saturated rings. The van der Waals surface area contributed by atoms with Gasteiger partial charge in [-0.2, -0.15) is 0 Å². The zero-order valence-corrected chi connectivity index (χ0v) is 24.1. The molecule has 2 rings (SSSR count). The van der Waals surface area contributed by atoms with E-state index in [9.17, 15) is 18.0 Å². The molecule has 0 heterocycles. The van der Waals surface area contributed by atoms with Crippen LogP contribution in [0.2, 0.25) is 15.1 Å². The van der Waals surface area contributed by atoms with Crippen LogP contribution < -0.4 is 9.62 Å². The summed E-state index contributed by atoms with van der Waals surface area (Å²) < 4.78 is 26.3. The molecule has 0 spiro atoms. The number of hydrogen-bond donors (Lipinski definition) is 1. The molecule has 2 aromatic carbocycles. The van der Waals surface area contributed by atoms with Gasteiger partial charge in [-0.3, -0.25) is 13.9 Å². The summed E-state index contributed by atoms with van der Waals surface area (Å²) in [6.45, 7) is 7.69. The summed E-state index contributed by atoms with van der Waals surface area (Å²) in [7, 11) is -3.95. The molecule has 0 radical (unpaired) electrons. The molecule has 36 heavy (non-hydrogen) atoms. The minimum atomic E-state index is -3.95. The van der Waals surface area contributed by atoms with Gasteiger partial charge in [0.05, 0.1) is 27.0 Å². The topological polar surface area (TPSA) is 86.8 Å². The van der Waals surface area contributed by atoms with Crippen LogP contribution in [0.1, 0.15) is 38.3 Å². The lowest BCUT2D eigenvalue weighted by molar-refractivity contribution is -0.140. The number of benzene rings is 2. The first-order valence-corrected chi connectivity index (χ1v) is 14.5. The van der Waals surface area contributed by atoms with Crippen molar-refractivity contribution < 1.29 is 18.0 Å². The molecule has 0 unspecified atom stereocenters. The summed E-state index contributed by atoms with van der Waals surface area (Å²) in [5.41, 5.74) is 1.84. The molecule has 0 aliphatic heterocycles. The predicted octanol–water partition coefficient (Wildman–Crippen LogP) is 5.30.